The largest absolute Gasteiger partial charge is 0.494 e. The van der Waals surface area contributed by atoms with E-state index in [-0.39, 0.29) is 23.7 Å². The molecule has 0 atom stereocenters. The molecule has 0 bridgehead atoms. The minimum Gasteiger partial charge on any atom is -0.399 e. The van der Waals surface area contributed by atoms with Gasteiger partial charge in [-0.1, -0.05) is 123 Å². The smallest absolute Gasteiger partial charge is 0.399 e. The lowest BCUT2D eigenvalue weighted by molar-refractivity contribution is 0.00578. The van der Waals surface area contributed by atoms with Gasteiger partial charge in [0.25, 0.3) is 0 Å². The van der Waals surface area contributed by atoms with Crippen molar-refractivity contribution in [3.63, 3.8) is 0 Å². The first-order valence-corrected chi connectivity index (χ1v) is 15.6. The average molecular weight is 582 g/mol. The predicted molar refractivity (Wildman–Crippen MR) is 180 cm³/mol. The molecule has 0 radical (unpaired) electrons. The summed E-state index contributed by atoms with van der Waals surface area (Å²) in [6.07, 6.45) is 1.95. The van der Waals surface area contributed by atoms with Crippen LogP contribution in [-0.4, -0.2) is 33.3 Å². The van der Waals surface area contributed by atoms with Crippen LogP contribution in [-0.2, 0) is 14.7 Å². The normalized spacial score (nSPS) is 15.8. The molecule has 1 aromatic heterocycles. The minimum absolute atomic E-state index is 0.128. The summed E-state index contributed by atoms with van der Waals surface area (Å²) in [6.45, 7) is 12.9. The van der Waals surface area contributed by atoms with E-state index in [0.717, 1.165) is 35.0 Å². The van der Waals surface area contributed by atoms with E-state index < -0.39 is 0 Å². The van der Waals surface area contributed by atoms with E-state index in [1.807, 2.05) is 60.7 Å². The number of aromatic nitrogens is 3. The number of hydrogen-bond donors (Lipinski definition) is 0. The molecule has 6 heteroatoms. The molecule has 1 saturated heterocycles. The van der Waals surface area contributed by atoms with E-state index in [0.29, 0.717) is 17.5 Å². The lowest BCUT2D eigenvalue weighted by Gasteiger charge is -2.33. The number of nitrogens with zero attached hydrogens (tertiary/aromatic N) is 3. The maximum atomic E-state index is 6.30. The summed E-state index contributed by atoms with van der Waals surface area (Å²) in [5.41, 5.74) is 5.63. The summed E-state index contributed by atoms with van der Waals surface area (Å²) in [4.78, 5) is 14.7. The van der Waals surface area contributed by atoms with Gasteiger partial charge in [-0.3, -0.25) is 0 Å². The van der Waals surface area contributed by atoms with Crippen molar-refractivity contribution in [1.82, 2.24) is 15.0 Å². The van der Waals surface area contributed by atoms with Gasteiger partial charge in [0.15, 0.2) is 17.5 Å². The molecule has 44 heavy (non-hydrogen) atoms. The molecule has 5 nitrogen and oxygen atoms in total. The maximum absolute atomic E-state index is 6.30. The Balaban J connectivity index is 1.33. The Hall–Kier alpha value is -4.13. The van der Waals surface area contributed by atoms with Gasteiger partial charge >= 0.3 is 7.12 Å². The number of benzene rings is 4. The zero-order chi connectivity index (χ0) is 31.0. The lowest BCUT2D eigenvalue weighted by atomic mass is 9.69. The molecule has 1 fully saturated rings. The molecule has 0 amide bonds. The van der Waals surface area contributed by atoms with Gasteiger partial charge in [0.05, 0.1) is 11.2 Å². The van der Waals surface area contributed by atoms with Gasteiger partial charge in [-0.15, -0.1) is 0 Å². The van der Waals surface area contributed by atoms with Crippen LogP contribution in [0.15, 0.2) is 109 Å². The standard InChI is InChI=1S/C38H40BN3O2/c1-7-38(8-2,31-23-25-32(26-24-31)39-43-36(3,4)37(5,6)44-39)30-21-19-29(20-22-30)35-41-33(27-15-11-9-12-16-27)40-34(42-35)28-17-13-10-14-18-28/h9-26H,7-8H2,1-6H3. The Kier molecular flexibility index (Phi) is 8.00. The monoisotopic (exact) mass is 581 g/mol. The van der Waals surface area contributed by atoms with E-state index in [9.17, 15) is 0 Å². The van der Waals surface area contributed by atoms with Crippen LogP contribution < -0.4 is 5.46 Å². The van der Waals surface area contributed by atoms with Crippen molar-refractivity contribution in [3.8, 4) is 34.2 Å². The van der Waals surface area contributed by atoms with Crippen molar-refractivity contribution in [3.05, 3.63) is 120 Å². The van der Waals surface area contributed by atoms with Crippen molar-refractivity contribution in [2.24, 2.45) is 0 Å². The second kappa shape index (κ2) is 11.8. The van der Waals surface area contributed by atoms with E-state index >= 15 is 0 Å². The van der Waals surface area contributed by atoms with Crippen LogP contribution in [0.25, 0.3) is 34.2 Å². The summed E-state index contributed by atoms with van der Waals surface area (Å²) < 4.78 is 12.6. The summed E-state index contributed by atoms with van der Waals surface area (Å²) in [5, 5.41) is 0. The molecule has 1 aliphatic heterocycles. The van der Waals surface area contributed by atoms with Crippen LogP contribution >= 0.6 is 0 Å². The molecule has 2 heterocycles. The summed E-state index contributed by atoms with van der Waals surface area (Å²) in [6, 6.07) is 37.7. The number of rotatable bonds is 8. The van der Waals surface area contributed by atoms with Gasteiger partial charge in [0, 0.05) is 22.1 Å². The summed E-state index contributed by atoms with van der Waals surface area (Å²) in [7, 11) is -0.368. The molecule has 0 N–H and O–H groups in total. The first kappa shape index (κ1) is 29.9. The van der Waals surface area contributed by atoms with Crippen molar-refractivity contribution >= 4 is 12.6 Å². The van der Waals surface area contributed by atoms with Gasteiger partial charge in [0.2, 0.25) is 0 Å². The Morgan fingerprint density at radius 2 is 0.886 bits per heavy atom. The van der Waals surface area contributed by atoms with Crippen LogP contribution in [0.2, 0.25) is 0 Å². The zero-order valence-corrected chi connectivity index (χ0v) is 26.5. The predicted octanol–water partition coefficient (Wildman–Crippen LogP) is 8.28. The third-order valence-electron chi connectivity index (χ3n) is 9.59. The van der Waals surface area contributed by atoms with Gasteiger partial charge in [-0.25, -0.2) is 15.0 Å². The molecule has 0 spiro atoms. The third kappa shape index (κ3) is 5.49. The quantitative estimate of drug-likeness (QED) is 0.173. The van der Waals surface area contributed by atoms with Crippen LogP contribution in [0.3, 0.4) is 0 Å². The van der Waals surface area contributed by atoms with Crippen molar-refractivity contribution in [2.45, 2.75) is 71.0 Å². The van der Waals surface area contributed by atoms with Crippen LogP contribution in [0.4, 0.5) is 0 Å². The van der Waals surface area contributed by atoms with Gasteiger partial charge in [-0.05, 0) is 57.1 Å². The number of hydrogen-bond acceptors (Lipinski definition) is 5. The molecule has 5 aromatic rings. The highest BCUT2D eigenvalue weighted by molar-refractivity contribution is 6.62. The zero-order valence-electron chi connectivity index (χ0n) is 26.5. The third-order valence-corrected chi connectivity index (χ3v) is 9.59. The Morgan fingerprint density at radius 1 is 0.523 bits per heavy atom. The van der Waals surface area contributed by atoms with Crippen molar-refractivity contribution < 1.29 is 9.31 Å². The molecule has 0 saturated carbocycles. The lowest BCUT2D eigenvalue weighted by Crippen LogP contribution is -2.41. The van der Waals surface area contributed by atoms with Gasteiger partial charge in [-0.2, -0.15) is 0 Å². The van der Waals surface area contributed by atoms with E-state index in [2.05, 4.69) is 90.1 Å². The summed E-state index contributed by atoms with van der Waals surface area (Å²) >= 11 is 0. The van der Waals surface area contributed by atoms with Gasteiger partial charge < -0.3 is 9.31 Å². The van der Waals surface area contributed by atoms with Crippen LogP contribution in [0.1, 0.15) is 65.5 Å². The van der Waals surface area contributed by atoms with E-state index in [1.54, 1.807) is 0 Å². The summed E-state index contributed by atoms with van der Waals surface area (Å²) in [5.74, 6) is 1.99. The fourth-order valence-electron chi connectivity index (χ4n) is 6.05. The Morgan fingerprint density at radius 3 is 1.27 bits per heavy atom. The van der Waals surface area contributed by atoms with Crippen LogP contribution in [0.5, 0.6) is 0 Å². The molecule has 6 rings (SSSR count). The maximum Gasteiger partial charge on any atom is 0.494 e. The molecule has 0 aliphatic carbocycles. The van der Waals surface area contributed by atoms with E-state index in [1.165, 1.54) is 11.1 Å². The van der Waals surface area contributed by atoms with Crippen molar-refractivity contribution in [1.29, 1.82) is 0 Å². The van der Waals surface area contributed by atoms with E-state index in [4.69, 9.17) is 24.3 Å². The SMILES string of the molecule is CCC(CC)(c1ccc(B2OC(C)(C)C(C)(C)O2)cc1)c1ccc(-c2nc(-c3ccccc3)nc(-c3ccccc3)n2)cc1. The highest BCUT2D eigenvalue weighted by Gasteiger charge is 2.51. The molecule has 222 valence electrons. The second-order valence-corrected chi connectivity index (χ2v) is 12.6. The van der Waals surface area contributed by atoms with Crippen LogP contribution in [0, 0.1) is 0 Å². The van der Waals surface area contributed by atoms with Crippen molar-refractivity contribution in [2.75, 3.05) is 0 Å². The van der Waals surface area contributed by atoms with Gasteiger partial charge in [0.1, 0.15) is 0 Å². The Labute approximate surface area is 261 Å². The minimum atomic E-state index is -0.368. The first-order chi connectivity index (χ1) is 21.2. The molecule has 1 aliphatic rings. The molecule has 0 unspecified atom stereocenters. The fourth-order valence-corrected chi connectivity index (χ4v) is 6.05. The Bertz CT molecular complexity index is 1640. The topological polar surface area (TPSA) is 57.1 Å². The highest BCUT2D eigenvalue weighted by atomic mass is 16.7. The fraction of sp³-hybridized carbons (Fsp3) is 0.289. The highest BCUT2D eigenvalue weighted by Crippen LogP contribution is 2.40. The first-order valence-electron chi connectivity index (χ1n) is 15.6. The molecule has 4 aromatic carbocycles. The average Bonchev–Trinajstić information content (AvgIpc) is 3.29. The second-order valence-electron chi connectivity index (χ2n) is 12.6. The molecular formula is C38H40BN3O2. The molecular weight excluding hydrogens is 541 g/mol.